The van der Waals surface area contributed by atoms with Gasteiger partial charge in [-0.25, -0.2) is 0 Å². The van der Waals surface area contributed by atoms with E-state index in [2.05, 4.69) is 10.3 Å². The second-order valence-electron chi connectivity index (χ2n) is 9.77. The molecule has 8 heteroatoms. The first-order chi connectivity index (χ1) is 16.6. The second-order valence-corrected chi connectivity index (χ2v) is 10.6. The van der Waals surface area contributed by atoms with E-state index in [1.165, 1.54) is 0 Å². The fraction of sp³-hybridized carbons (Fsp3) is 0.214. The number of rotatable bonds is 6. The first-order valence-corrected chi connectivity index (χ1v) is 12.1. The summed E-state index contributed by atoms with van der Waals surface area (Å²) in [6.07, 6.45) is 4.42. The van der Waals surface area contributed by atoms with Crippen LogP contribution in [0.5, 0.6) is 5.75 Å². The summed E-state index contributed by atoms with van der Waals surface area (Å²) < 4.78 is 0. The molecule has 0 bridgehead atoms. The van der Waals surface area contributed by atoms with Gasteiger partial charge in [0.1, 0.15) is 6.29 Å². The Morgan fingerprint density at radius 1 is 1.03 bits per heavy atom. The van der Waals surface area contributed by atoms with Gasteiger partial charge >= 0.3 is 0 Å². The summed E-state index contributed by atoms with van der Waals surface area (Å²) >= 11 is 12.4. The van der Waals surface area contributed by atoms with E-state index in [-0.39, 0.29) is 28.2 Å². The number of phenolic OH excluding ortho intramolecular Hbond substituents is 1. The van der Waals surface area contributed by atoms with Crippen LogP contribution < -0.4 is 11.1 Å². The van der Waals surface area contributed by atoms with Gasteiger partial charge in [-0.1, -0.05) is 41.4 Å². The Bertz CT molecular complexity index is 1440. The number of pyridine rings is 1. The number of benzene rings is 3. The zero-order valence-electron chi connectivity index (χ0n) is 19.8. The fourth-order valence-electron chi connectivity index (χ4n) is 4.33. The molecular weight excluding hydrogens is 517 g/mol. The summed E-state index contributed by atoms with van der Waals surface area (Å²) in [5, 5.41) is 14.7. The van der Waals surface area contributed by atoms with Crippen molar-refractivity contribution >= 4 is 64.2 Å². The van der Waals surface area contributed by atoms with E-state index in [4.69, 9.17) is 28.9 Å². The van der Waals surface area contributed by atoms with Crippen LogP contribution in [0.2, 0.25) is 10.0 Å². The molecule has 1 aliphatic rings. The molecule has 0 spiro atoms. The van der Waals surface area contributed by atoms with Gasteiger partial charge in [-0.15, -0.1) is 12.4 Å². The number of halogens is 3. The van der Waals surface area contributed by atoms with E-state index in [0.717, 1.165) is 63.7 Å². The summed E-state index contributed by atoms with van der Waals surface area (Å²) in [7, 11) is 0. The second kappa shape index (κ2) is 9.56. The normalized spacial score (nSPS) is 14.2. The molecule has 1 fully saturated rings. The number of aromatic hydroxyl groups is 1. The van der Waals surface area contributed by atoms with Gasteiger partial charge in [0, 0.05) is 28.4 Å². The third kappa shape index (κ3) is 4.76. The van der Waals surface area contributed by atoms with Gasteiger partial charge in [0.05, 0.1) is 26.7 Å². The van der Waals surface area contributed by atoms with Crippen molar-refractivity contribution in [1.29, 1.82) is 0 Å². The zero-order valence-corrected chi connectivity index (χ0v) is 22.1. The number of phenols is 1. The molecule has 1 aromatic heterocycles. The average molecular weight is 543 g/mol. The van der Waals surface area contributed by atoms with Gasteiger partial charge in [0.25, 0.3) is 0 Å². The number of fused-ring (bicyclic) bond motifs is 1. The highest BCUT2D eigenvalue weighted by Gasteiger charge is 2.46. The Hall–Kier alpha value is -2.83. The van der Waals surface area contributed by atoms with Crippen molar-refractivity contribution < 1.29 is 9.90 Å². The molecule has 0 saturated heterocycles. The number of nitrogens with two attached hydrogens (primary N) is 1. The molecule has 4 N–H and O–H groups in total. The molecule has 186 valence electrons. The van der Waals surface area contributed by atoms with Crippen molar-refractivity contribution in [2.45, 2.75) is 37.6 Å². The Balaban J connectivity index is 0.00000304. The van der Waals surface area contributed by atoms with Crippen LogP contribution in [0.1, 0.15) is 37.8 Å². The third-order valence-corrected chi connectivity index (χ3v) is 7.24. The fourth-order valence-corrected chi connectivity index (χ4v) is 4.82. The Morgan fingerprint density at radius 3 is 2.22 bits per heavy atom. The van der Waals surface area contributed by atoms with Crippen LogP contribution in [0.3, 0.4) is 0 Å². The zero-order chi connectivity index (χ0) is 25.0. The topological polar surface area (TPSA) is 88.2 Å². The summed E-state index contributed by atoms with van der Waals surface area (Å²) in [6.45, 7) is 3.93. The third-order valence-electron chi connectivity index (χ3n) is 6.67. The number of carbonyl (C=O) groups excluding carboxylic acids is 1. The summed E-state index contributed by atoms with van der Waals surface area (Å²) in [6, 6.07) is 17.2. The van der Waals surface area contributed by atoms with Crippen molar-refractivity contribution in [3.63, 3.8) is 0 Å². The monoisotopic (exact) mass is 541 g/mol. The molecule has 0 atom stereocenters. The minimum Gasteiger partial charge on any atom is -0.505 e. The largest absolute Gasteiger partial charge is 0.505 e. The van der Waals surface area contributed by atoms with Crippen LogP contribution in [0, 0.1) is 0 Å². The molecule has 1 saturated carbocycles. The smallest absolute Gasteiger partial charge is 0.152 e. The molecule has 1 heterocycles. The van der Waals surface area contributed by atoms with Gasteiger partial charge in [-0.2, -0.15) is 0 Å². The molecule has 5 nitrogen and oxygen atoms in total. The Labute approximate surface area is 226 Å². The molecule has 5 rings (SSSR count). The minimum absolute atomic E-state index is 0. The predicted octanol–water partition coefficient (Wildman–Crippen LogP) is 7.50. The van der Waals surface area contributed by atoms with Gasteiger partial charge in [0.15, 0.2) is 5.75 Å². The van der Waals surface area contributed by atoms with Crippen LogP contribution in [0.15, 0.2) is 60.8 Å². The maximum absolute atomic E-state index is 12.1. The van der Waals surface area contributed by atoms with Crippen molar-refractivity contribution in [3.8, 4) is 16.9 Å². The van der Waals surface area contributed by atoms with Crippen LogP contribution in [0.4, 0.5) is 11.4 Å². The number of carbonyl (C=O) groups is 1. The summed E-state index contributed by atoms with van der Waals surface area (Å²) in [5.41, 5.74) is 11.3. The molecule has 1 aliphatic carbocycles. The number of hydrogen-bond acceptors (Lipinski definition) is 5. The molecular formula is C28H26Cl3N3O2. The molecule has 36 heavy (non-hydrogen) atoms. The summed E-state index contributed by atoms with van der Waals surface area (Å²) in [4.78, 5) is 16.7. The number of nitrogens with one attached hydrogen (secondary N) is 1. The van der Waals surface area contributed by atoms with E-state index in [0.29, 0.717) is 0 Å². The lowest BCUT2D eigenvalue weighted by Gasteiger charge is -2.21. The highest BCUT2D eigenvalue weighted by Crippen LogP contribution is 2.51. The number of hydrogen-bond donors (Lipinski definition) is 3. The van der Waals surface area contributed by atoms with Crippen molar-refractivity contribution in [2.24, 2.45) is 5.73 Å². The number of aromatic nitrogens is 1. The van der Waals surface area contributed by atoms with E-state index in [1.54, 1.807) is 18.3 Å². The molecule has 0 unspecified atom stereocenters. The average Bonchev–Trinajstić information content (AvgIpc) is 3.63. The summed E-state index contributed by atoms with van der Waals surface area (Å²) in [5.74, 6) is -0.144. The van der Waals surface area contributed by atoms with Crippen LogP contribution in [-0.2, 0) is 15.7 Å². The Kier molecular flexibility index (Phi) is 6.97. The first-order valence-electron chi connectivity index (χ1n) is 11.4. The predicted molar refractivity (Wildman–Crippen MR) is 150 cm³/mol. The van der Waals surface area contributed by atoms with Crippen molar-refractivity contribution in [3.05, 3.63) is 82.0 Å². The number of nitrogens with zero attached hydrogens (tertiary/aromatic N) is 1. The lowest BCUT2D eigenvalue weighted by Crippen LogP contribution is -2.28. The number of anilines is 2. The van der Waals surface area contributed by atoms with E-state index in [9.17, 15) is 9.90 Å². The van der Waals surface area contributed by atoms with Crippen LogP contribution in [0.25, 0.3) is 22.0 Å². The van der Waals surface area contributed by atoms with Crippen LogP contribution in [-0.4, -0.2) is 16.4 Å². The highest BCUT2D eigenvalue weighted by molar-refractivity contribution is 6.37. The molecule has 0 radical (unpaired) electrons. The molecule has 0 amide bonds. The Morgan fingerprint density at radius 2 is 1.67 bits per heavy atom. The standard InChI is InChI=1S/C28H25Cl2N3O2.ClH/c1-27(2,31)18-4-6-19(7-5-18)33-25-20-11-16(17-12-22(29)26(35)23(30)13-17)3-8-24(20)32-14-21(25)28(15-34)9-10-28;/h3-8,11-15,35H,9-10,31H2,1-2H3,(H,32,33);1H. The molecule has 3 aromatic carbocycles. The minimum atomic E-state index is -0.524. The van der Waals surface area contributed by atoms with E-state index < -0.39 is 11.0 Å². The SMILES string of the molecule is CC(C)(N)c1ccc(Nc2c(C3(C=O)CC3)cnc3ccc(-c4cc(Cl)c(O)c(Cl)c4)cc23)cc1.Cl. The van der Waals surface area contributed by atoms with Gasteiger partial charge in [-0.3, -0.25) is 4.98 Å². The first kappa shape index (κ1) is 26.2. The van der Waals surface area contributed by atoms with E-state index in [1.807, 2.05) is 56.3 Å². The highest BCUT2D eigenvalue weighted by atomic mass is 35.5. The van der Waals surface area contributed by atoms with Gasteiger partial charge in [0.2, 0.25) is 0 Å². The number of aldehydes is 1. The molecule has 0 aliphatic heterocycles. The van der Waals surface area contributed by atoms with Gasteiger partial charge in [-0.05, 0) is 79.8 Å². The maximum Gasteiger partial charge on any atom is 0.152 e. The van der Waals surface area contributed by atoms with Gasteiger partial charge < -0.3 is 21.0 Å². The van der Waals surface area contributed by atoms with E-state index >= 15 is 0 Å². The maximum atomic E-state index is 12.1. The lowest BCUT2D eigenvalue weighted by molar-refractivity contribution is -0.109. The van der Waals surface area contributed by atoms with Crippen molar-refractivity contribution in [1.82, 2.24) is 4.98 Å². The van der Waals surface area contributed by atoms with Crippen molar-refractivity contribution in [2.75, 3.05) is 5.32 Å². The quantitative estimate of drug-likeness (QED) is 0.219. The molecule has 4 aromatic rings. The van der Waals surface area contributed by atoms with Crippen LogP contribution >= 0.6 is 35.6 Å². The lowest BCUT2D eigenvalue weighted by atomic mass is 9.93.